The third kappa shape index (κ3) is 4.05. The molecule has 0 amide bonds. The van der Waals surface area contributed by atoms with Crippen molar-refractivity contribution in [3.8, 4) is 0 Å². The predicted octanol–water partition coefficient (Wildman–Crippen LogP) is 2.67. The molecule has 7 heteroatoms. The normalized spacial score (nSPS) is 12.3. The largest absolute Gasteiger partial charge is 0.396 e. The lowest BCUT2D eigenvalue weighted by atomic mass is 10.2. The number of nitro groups is 1. The highest BCUT2D eigenvalue weighted by atomic mass is 32.2. The monoisotopic (exact) mass is 307 g/mol. The number of non-ortho nitro benzene ring substituents is 1. The molecule has 0 saturated carbocycles. The molecule has 0 fully saturated rings. The van der Waals surface area contributed by atoms with Crippen LogP contribution in [-0.2, 0) is 0 Å². The van der Waals surface area contributed by atoms with E-state index in [0.717, 1.165) is 11.1 Å². The highest BCUT2D eigenvalue weighted by Crippen LogP contribution is 2.21. The van der Waals surface area contributed by atoms with E-state index in [4.69, 9.17) is 5.11 Å². The molecule has 1 aromatic carbocycles. The summed E-state index contributed by atoms with van der Waals surface area (Å²) in [6.07, 6.45) is 2.67. The summed E-state index contributed by atoms with van der Waals surface area (Å²) in [7, 11) is 0. The molecule has 1 atom stereocenters. The fraction of sp³-hybridized carbons (Fsp3) is 0.357. The molecule has 1 heterocycles. The van der Waals surface area contributed by atoms with Crippen molar-refractivity contribution in [2.24, 2.45) is 0 Å². The summed E-state index contributed by atoms with van der Waals surface area (Å²) in [4.78, 5) is 14.8. The first-order valence-electron chi connectivity index (χ1n) is 6.55. The first-order valence-corrected chi connectivity index (χ1v) is 7.95. The number of pyridine rings is 1. The molecule has 2 aromatic rings. The lowest BCUT2D eigenvalue weighted by Crippen LogP contribution is -2.24. The first kappa shape index (κ1) is 15.5. The summed E-state index contributed by atoms with van der Waals surface area (Å²) in [6.45, 7) is 0.123. The highest BCUT2D eigenvalue weighted by molar-refractivity contribution is 7.98. The van der Waals surface area contributed by atoms with Crippen LogP contribution in [0.4, 0.5) is 11.5 Å². The van der Waals surface area contributed by atoms with Crippen molar-refractivity contribution in [3.63, 3.8) is 0 Å². The highest BCUT2D eigenvalue weighted by Gasteiger charge is 2.10. The second-order valence-electron chi connectivity index (χ2n) is 4.64. The SMILES string of the molecule is CSCC(CCO)Nc1ccc2cc([N+](=O)[O-])ccc2n1. The number of hydrogen-bond donors (Lipinski definition) is 2. The molecule has 1 aromatic heterocycles. The molecule has 6 nitrogen and oxygen atoms in total. The molecule has 0 radical (unpaired) electrons. The van der Waals surface area contributed by atoms with Crippen LogP contribution in [0.2, 0.25) is 0 Å². The Bertz CT molecular complexity index is 630. The Kier molecular flexibility index (Phi) is 5.35. The zero-order valence-corrected chi connectivity index (χ0v) is 12.5. The van der Waals surface area contributed by atoms with Gasteiger partial charge in [-0.2, -0.15) is 11.8 Å². The summed E-state index contributed by atoms with van der Waals surface area (Å²) >= 11 is 1.70. The van der Waals surface area contributed by atoms with Crippen LogP contribution in [-0.4, -0.2) is 39.7 Å². The molecule has 0 aliphatic rings. The van der Waals surface area contributed by atoms with Gasteiger partial charge in [0.1, 0.15) is 5.82 Å². The van der Waals surface area contributed by atoms with Crippen molar-refractivity contribution in [3.05, 3.63) is 40.4 Å². The Morgan fingerprint density at radius 2 is 2.24 bits per heavy atom. The summed E-state index contributed by atoms with van der Waals surface area (Å²) in [6, 6.07) is 8.37. The maximum Gasteiger partial charge on any atom is 0.270 e. The minimum Gasteiger partial charge on any atom is -0.396 e. The number of nitrogens with one attached hydrogen (secondary N) is 1. The number of aliphatic hydroxyl groups is 1. The number of nitrogens with zero attached hydrogens (tertiary/aromatic N) is 2. The van der Waals surface area contributed by atoms with Crippen LogP contribution in [0.3, 0.4) is 0 Å². The van der Waals surface area contributed by atoms with Crippen LogP contribution in [0.5, 0.6) is 0 Å². The van der Waals surface area contributed by atoms with Gasteiger partial charge in [-0.3, -0.25) is 10.1 Å². The lowest BCUT2D eigenvalue weighted by Gasteiger charge is -2.17. The molecule has 2 N–H and O–H groups in total. The number of thioether (sulfide) groups is 1. The van der Waals surface area contributed by atoms with Gasteiger partial charge in [0.15, 0.2) is 0 Å². The third-order valence-corrected chi connectivity index (χ3v) is 3.82. The number of fused-ring (bicyclic) bond motifs is 1. The number of aliphatic hydroxyl groups excluding tert-OH is 1. The van der Waals surface area contributed by atoms with E-state index in [1.165, 1.54) is 12.1 Å². The van der Waals surface area contributed by atoms with E-state index in [-0.39, 0.29) is 18.3 Å². The fourth-order valence-electron chi connectivity index (χ4n) is 2.07. The van der Waals surface area contributed by atoms with Crippen molar-refractivity contribution in [2.45, 2.75) is 12.5 Å². The third-order valence-electron chi connectivity index (χ3n) is 3.08. The van der Waals surface area contributed by atoms with Gasteiger partial charge in [0.25, 0.3) is 5.69 Å². The van der Waals surface area contributed by atoms with E-state index in [0.29, 0.717) is 17.8 Å². The van der Waals surface area contributed by atoms with Crippen LogP contribution in [0.15, 0.2) is 30.3 Å². The topological polar surface area (TPSA) is 88.3 Å². The molecular formula is C14H17N3O3S. The number of nitro benzene ring substituents is 1. The van der Waals surface area contributed by atoms with Gasteiger partial charge in [0.05, 0.1) is 10.4 Å². The van der Waals surface area contributed by atoms with E-state index < -0.39 is 4.92 Å². The fourth-order valence-corrected chi connectivity index (χ4v) is 2.72. The summed E-state index contributed by atoms with van der Waals surface area (Å²) in [5, 5.41) is 23.8. The number of benzene rings is 1. The minimum absolute atomic E-state index is 0.0607. The Morgan fingerprint density at radius 3 is 2.90 bits per heavy atom. The summed E-state index contributed by atoms with van der Waals surface area (Å²) in [5.41, 5.74) is 0.767. The van der Waals surface area contributed by atoms with Gasteiger partial charge >= 0.3 is 0 Å². The van der Waals surface area contributed by atoms with Gasteiger partial charge in [-0.05, 0) is 30.9 Å². The van der Waals surface area contributed by atoms with Crippen LogP contribution in [0, 0.1) is 10.1 Å². The Labute approximate surface area is 126 Å². The van der Waals surface area contributed by atoms with Crippen LogP contribution in [0.1, 0.15) is 6.42 Å². The Morgan fingerprint density at radius 1 is 1.43 bits per heavy atom. The molecule has 0 aliphatic carbocycles. The number of aromatic nitrogens is 1. The van der Waals surface area contributed by atoms with Crippen molar-refractivity contribution >= 4 is 34.2 Å². The maximum atomic E-state index is 10.7. The van der Waals surface area contributed by atoms with E-state index >= 15 is 0 Å². The first-order chi connectivity index (χ1) is 10.1. The average molecular weight is 307 g/mol. The van der Waals surface area contributed by atoms with Gasteiger partial charge < -0.3 is 10.4 Å². The van der Waals surface area contributed by atoms with Gasteiger partial charge in [-0.1, -0.05) is 0 Å². The molecule has 1 unspecified atom stereocenters. The molecule has 112 valence electrons. The van der Waals surface area contributed by atoms with Crippen LogP contribution >= 0.6 is 11.8 Å². The zero-order chi connectivity index (χ0) is 15.2. The zero-order valence-electron chi connectivity index (χ0n) is 11.7. The van der Waals surface area contributed by atoms with Gasteiger partial charge in [-0.25, -0.2) is 4.98 Å². The lowest BCUT2D eigenvalue weighted by molar-refractivity contribution is -0.384. The number of anilines is 1. The van der Waals surface area contributed by atoms with E-state index in [1.807, 2.05) is 12.3 Å². The van der Waals surface area contributed by atoms with Crippen molar-refractivity contribution < 1.29 is 10.0 Å². The summed E-state index contributed by atoms with van der Waals surface area (Å²) < 4.78 is 0. The second-order valence-corrected chi connectivity index (χ2v) is 5.55. The van der Waals surface area contributed by atoms with Crippen LogP contribution in [0.25, 0.3) is 10.9 Å². The molecule has 2 rings (SSSR count). The molecule has 0 aliphatic heterocycles. The standard InChI is InChI=1S/C14H17N3O3S/c1-21-9-11(6-7-18)15-14-5-2-10-8-12(17(19)20)3-4-13(10)16-14/h2-5,8,11,18H,6-7,9H2,1H3,(H,15,16). The predicted molar refractivity (Wildman–Crippen MR) is 85.9 cm³/mol. The maximum absolute atomic E-state index is 10.7. The molecule has 21 heavy (non-hydrogen) atoms. The molecule has 0 spiro atoms. The van der Waals surface area contributed by atoms with Crippen molar-refractivity contribution in [1.29, 1.82) is 0 Å². The molecule has 0 bridgehead atoms. The van der Waals surface area contributed by atoms with Gasteiger partial charge in [0, 0.05) is 35.9 Å². The quantitative estimate of drug-likeness (QED) is 0.604. The van der Waals surface area contributed by atoms with Crippen molar-refractivity contribution in [1.82, 2.24) is 4.98 Å². The number of rotatable bonds is 7. The second kappa shape index (κ2) is 7.24. The van der Waals surface area contributed by atoms with Gasteiger partial charge in [-0.15, -0.1) is 0 Å². The van der Waals surface area contributed by atoms with E-state index in [1.54, 1.807) is 23.9 Å². The smallest absolute Gasteiger partial charge is 0.270 e. The Hall–Kier alpha value is -1.86. The Balaban J connectivity index is 2.22. The van der Waals surface area contributed by atoms with Gasteiger partial charge in [0.2, 0.25) is 0 Å². The molecule has 0 saturated heterocycles. The van der Waals surface area contributed by atoms with E-state index in [9.17, 15) is 10.1 Å². The minimum atomic E-state index is -0.415. The molecular weight excluding hydrogens is 290 g/mol. The van der Waals surface area contributed by atoms with E-state index in [2.05, 4.69) is 10.3 Å². The number of hydrogen-bond acceptors (Lipinski definition) is 6. The van der Waals surface area contributed by atoms with Crippen LogP contribution < -0.4 is 5.32 Å². The summed E-state index contributed by atoms with van der Waals surface area (Å²) in [5.74, 6) is 1.59. The van der Waals surface area contributed by atoms with Crippen molar-refractivity contribution in [2.75, 3.05) is 23.9 Å². The average Bonchev–Trinajstić information content (AvgIpc) is 2.47.